The smallest absolute Gasteiger partial charge is 0.412 e. The van der Waals surface area contributed by atoms with Crippen LogP contribution < -0.4 is 5.32 Å². The minimum absolute atomic E-state index is 0.0738. The van der Waals surface area contributed by atoms with Crippen molar-refractivity contribution in [2.45, 2.75) is 32.2 Å². The van der Waals surface area contributed by atoms with Crippen molar-refractivity contribution in [3.8, 4) is 6.08 Å². The minimum atomic E-state index is -0.730. The van der Waals surface area contributed by atoms with Crippen LogP contribution in [0.15, 0.2) is 53.1 Å². The summed E-state index contributed by atoms with van der Waals surface area (Å²) in [6.45, 7) is 4.25. The zero-order valence-electron chi connectivity index (χ0n) is 14.6. The van der Waals surface area contributed by atoms with Crippen LogP contribution in [-0.4, -0.2) is 26.2 Å². The van der Waals surface area contributed by atoms with Gasteiger partial charge in [-0.3, -0.25) is 9.78 Å². The average Bonchev–Trinajstić information content (AvgIpc) is 3.07. The highest BCUT2D eigenvalue weighted by Crippen LogP contribution is 2.21. The number of pyridine rings is 1. The first-order valence-corrected chi connectivity index (χ1v) is 8.34. The minimum Gasteiger partial charge on any atom is -0.465 e. The van der Waals surface area contributed by atoms with Gasteiger partial charge in [-0.05, 0) is 29.2 Å². The van der Waals surface area contributed by atoms with Gasteiger partial charge in [-0.15, -0.1) is 5.10 Å². The van der Waals surface area contributed by atoms with Crippen LogP contribution in [0.5, 0.6) is 6.08 Å². The monoisotopic (exact) mass is 352 g/mol. The van der Waals surface area contributed by atoms with E-state index in [4.69, 9.17) is 4.42 Å². The van der Waals surface area contributed by atoms with Crippen LogP contribution in [-0.2, 0) is 11.2 Å². The number of nitrogens with zero attached hydrogens (tertiary/aromatic N) is 3. The van der Waals surface area contributed by atoms with Crippen LogP contribution in [0.2, 0.25) is 0 Å². The van der Waals surface area contributed by atoms with Crippen molar-refractivity contribution < 1.29 is 14.3 Å². The van der Waals surface area contributed by atoms with Crippen molar-refractivity contribution in [1.82, 2.24) is 20.5 Å². The van der Waals surface area contributed by atoms with Gasteiger partial charge < -0.3 is 14.8 Å². The molecule has 26 heavy (non-hydrogen) atoms. The summed E-state index contributed by atoms with van der Waals surface area (Å²) in [6, 6.07) is 12.5. The Labute approximate surface area is 151 Å². The highest BCUT2D eigenvalue weighted by Gasteiger charge is 2.24. The first-order chi connectivity index (χ1) is 12.5. The number of hydrogen-bond donors (Lipinski definition) is 2. The molecule has 1 aromatic carbocycles. The van der Waals surface area contributed by atoms with Crippen LogP contribution in [0.3, 0.4) is 0 Å². The molecule has 2 aromatic heterocycles. The van der Waals surface area contributed by atoms with Gasteiger partial charge in [-0.2, -0.15) is 0 Å². The number of carbonyl (C=O) groups is 1. The van der Waals surface area contributed by atoms with Gasteiger partial charge in [-0.25, -0.2) is 0 Å². The van der Waals surface area contributed by atoms with E-state index >= 15 is 0 Å². The summed E-state index contributed by atoms with van der Waals surface area (Å²) < 4.78 is 5.07. The van der Waals surface area contributed by atoms with Crippen molar-refractivity contribution in [1.29, 1.82) is 0 Å². The quantitative estimate of drug-likeness (QED) is 0.707. The molecule has 7 nitrogen and oxygen atoms in total. The maximum atomic E-state index is 12.5. The van der Waals surface area contributed by atoms with Gasteiger partial charge in [0.15, 0.2) is 0 Å². The maximum absolute atomic E-state index is 12.5. The van der Waals surface area contributed by atoms with E-state index < -0.39 is 12.1 Å². The van der Waals surface area contributed by atoms with E-state index in [0.29, 0.717) is 11.6 Å². The normalized spacial score (nSPS) is 12.1. The lowest BCUT2D eigenvalue weighted by Gasteiger charge is -2.15. The predicted octanol–water partition coefficient (Wildman–Crippen LogP) is 2.74. The molecule has 0 aliphatic heterocycles. The van der Waals surface area contributed by atoms with Gasteiger partial charge >= 0.3 is 6.08 Å². The van der Waals surface area contributed by atoms with E-state index in [1.54, 1.807) is 24.4 Å². The summed E-state index contributed by atoms with van der Waals surface area (Å²) in [5.41, 5.74) is 2.67. The van der Waals surface area contributed by atoms with Gasteiger partial charge in [0.05, 0.1) is 12.1 Å². The lowest BCUT2D eigenvalue weighted by Crippen LogP contribution is -2.31. The van der Waals surface area contributed by atoms with Crippen LogP contribution in [0, 0.1) is 0 Å². The molecule has 7 heteroatoms. The second-order valence-electron chi connectivity index (χ2n) is 6.25. The summed E-state index contributed by atoms with van der Waals surface area (Å²) >= 11 is 0. The van der Waals surface area contributed by atoms with Crippen LogP contribution in [0.4, 0.5) is 0 Å². The third-order valence-corrected chi connectivity index (χ3v) is 3.98. The van der Waals surface area contributed by atoms with Crippen LogP contribution in [0.1, 0.15) is 48.5 Å². The Hall–Kier alpha value is -3.22. The molecule has 0 saturated heterocycles. The van der Waals surface area contributed by atoms with Gasteiger partial charge in [0.2, 0.25) is 11.8 Å². The number of nitrogens with one attached hydrogen (secondary N) is 1. The summed E-state index contributed by atoms with van der Waals surface area (Å²) in [6.07, 6.45) is 1.26. The van der Waals surface area contributed by atoms with E-state index in [1.165, 1.54) is 5.56 Å². The molecule has 0 radical (unpaired) electrons. The molecule has 1 atom stereocenters. The first kappa shape index (κ1) is 17.6. The van der Waals surface area contributed by atoms with Gasteiger partial charge in [-0.1, -0.05) is 49.3 Å². The van der Waals surface area contributed by atoms with Gasteiger partial charge in [0, 0.05) is 6.20 Å². The second-order valence-corrected chi connectivity index (χ2v) is 6.25. The van der Waals surface area contributed by atoms with Gasteiger partial charge in [0.1, 0.15) is 6.04 Å². The fraction of sp³-hybridized carbons (Fsp3) is 0.263. The zero-order valence-corrected chi connectivity index (χ0v) is 14.6. The fourth-order valence-electron chi connectivity index (χ4n) is 2.57. The third-order valence-electron chi connectivity index (χ3n) is 3.98. The van der Waals surface area contributed by atoms with Crippen molar-refractivity contribution in [2.75, 3.05) is 0 Å². The molecule has 0 saturated carbocycles. The molecule has 0 bridgehead atoms. The standard InChI is InChI=1S/C19H20N4O3/c1-12(2)14-8-6-13(7-9-14)11-16(24)21-17(15-5-3-4-10-20-15)18-22-23-19(25)26-18/h3-10,12,17H,11H2,1-2H3,(H,21,24)(H,23,25). The predicted molar refractivity (Wildman–Crippen MR) is 94.4 cm³/mol. The number of amides is 1. The van der Waals surface area contributed by atoms with Gasteiger partial charge in [0.25, 0.3) is 0 Å². The Balaban J connectivity index is 1.75. The van der Waals surface area contributed by atoms with E-state index in [-0.39, 0.29) is 18.2 Å². The number of aromatic hydroxyl groups is 1. The summed E-state index contributed by atoms with van der Waals surface area (Å²) in [5.74, 6) is 0.303. The van der Waals surface area contributed by atoms with Crippen molar-refractivity contribution in [3.05, 3.63) is 71.4 Å². The lowest BCUT2D eigenvalue weighted by atomic mass is 10.0. The average molecular weight is 352 g/mol. The summed E-state index contributed by atoms with van der Waals surface area (Å²) in [4.78, 5) is 16.7. The largest absolute Gasteiger partial charge is 0.465 e. The van der Waals surface area contributed by atoms with Crippen LogP contribution >= 0.6 is 0 Å². The molecule has 134 valence electrons. The topological polar surface area (TPSA) is 101 Å². The first-order valence-electron chi connectivity index (χ1n) is 8.34. The molecule has 3 aromatic rings. The summed E-state index contributed by atoms with van der Waals surface area (Å²) in [5, 5.41) is 19.4. The van der Waals surface area contributed by atoms with E-state index in [1.807, 2.05) is 24.3 Å². The van der Waals surface area contributed by atoms with E-state index in [0.717, 1.165) is 5.56 Å². The molecular formula is C19H20N4O3. The lowest BCUT2D eigenvalue weighted by molar-refractivity contribution is -0.121. The summed E-state index contributed by atoms with van der Waals surface area (Å²) in [7, 11) is 0. The molecule has 1 unspecified atom stereocenters. The number of carbonyl (C=O) groups excluding carboxylic acids is 1. The number of aromatic nitrogens is 3. The molecule has 0 fully saturated rings. The molecule has 0 aliphatic rings. The molecular weight excluding hydrogens is 332 g/mol. The zero-order chi connectivity index (χ0) is 18.5. The fourth-order valence-corrected chi connectivity index (χ4v) is 2.57. The molecule has 3 rings (SSSR count). The third kappa shape index (κ3) is 4.24. The number of hydrogen-bond acceptors (Lipinski definition) is 6. The Morgan fingerprint density at radius 2 is 1.92 bits per heavy atom. The van der Waals surface area contributed by atoms with E-state index in [9.17, 15) is 9.90 Å². The Morgan fingerprint density at radius 1 is 1.15 bits per heavy atom. The van der Waals surface area contributed by atoms with E-state index in [2.05, 4.69) is 34.3 Å². The van der Waals surface area contributed by atoms with Crippen molar-refractivity contribution in [3.63, 3.8) is 0 Å². The SMILES string of the molecule is CC(C)c1ccc(CC(=O)NC(c2ccccn2)c2nnc(O)o2)cc1. The van der Waals surface area contributed by atoms with Crippen molar-refractivity contribution >= 4 is 5.91 Å². The maximum Gasteiger partial charge on any atom is 0.412 e. The second kappa shape index (κ2) is 7.77. The van der Waals surface area contributed by atoms with Crippen LogP contribution in [0.25, 0.3) is 0 Å². The highest BCUT2D eigenvalue weighted by atomic mass is 16.5. The molecule has 2 heterocycles. The Morgan fingerprint density at radius 3 is 2.50 bits per heavy atom. The molecule has 0 spiro atoms. The number of benzene rings is 1. The Kier molecular flexibility index (Phi) is 5.26. The Bertz CT molecular complexity index is 860. The molecule has 1 amide bonds. The number of rotatable bonds is 6. The highest BCUT2D eigenvalue weighted by molar-refractivity contribution is 5.79. The molecule has 0 aliphatic carbocycles. The van der Waals surface area contributed by atoms with Crippen molar-refractivity contribution in [2.24, 2.45) is 0 Å². The molecule has 2 N–H and O–H groups in total.